The first kappa shape index (κ1) is 55.9. The first-order valence-electron chi connectivity index (χ1n) is 23.1. The van der Waals surface area contributed by atoms with Crippen LogP contribution >= 0.6 is 7.82 Å². The van der Waals surface area contributed by atoms with E-state index in [4.69, 9.17) is 23.3 Å². The molecule has 1 saturated heterocycles. The average Bonchev–Trinajstić information content (AvgIpc) is 3.97. The van der Waals surface area contributed by atoms with Gasteiger partial charge in [0.2, 0.25) is 0 Å². The van der Waals surface area contributed by atoms with Crippen molar-refractivity contribution in [1.29, 1.82) is 0 Å². The number of allylic oxidation sites excluding steroid dienone is 14. The van der Waals surface area contributed by atoms with Crippen LogP contribution in [-0.2, 0) is 37.4 Å². The molecule has 1 rings (SSSR count). The first-order valence-corrected chi connectivity index (χ1v) is 24.6. The maximum absolute atomic E-state index is 12.7. The van der Waals surface area contributed by atoms with E-state index >= 15 is 0 Å². The van der Waals surface area contributed by atoms with Gasteiger partial charge >= 0.3 is 19.8 Å². The van der Waals surface area contributed by atoms with E-state index in [1.807, 2.05) is 33.3 Å². The maximum atomic E-state index is 12.7. The standard InChI is InChI=1S/C50H82NO9P/c1-6-8-10-11-12-13-14-15-16-17-18-19-24-27-30-33-37-41-50(53)59-46(45-58-61(54,55)57-43-42-51(3,4)5)44-56-49(52)40-36-32-29-26-23-21-20-22-25-28-31-35-39-48-47(60-48)38-34-9-7-2/h9,12-13,15-16,18-19,21-23,25,29,31-32,34-35,46-48H,6-8,10-11,14,17,20,24,26-28,30,33,36-45H2,1-5H3/p+1/b13-12-,16-15-,19-18-,23-21-,25-22-,32-29-,34-9-,35-31-/t46-,47?,48?/m1/s1. The molecule has 1 aliphatic rings. The van der Waals surface area contributed by atoms with Crippen LogP contribution in [0.2, 0.25) is 0 Å². The quantitative estimate of drug-likeness (QED) is 0.0161. The number of hydrogen-bond donors (Lipinski definition) is 1. The largest absolute Gasteiger partial charge is 0.472 e. The first-order chi connectivity index (χ1) is 29.5. The zero-order chi connectivity index (χ0) is 44.7. The minimum absolute atomic E-state index is 0.00823. The van der Waals surface area contributed by atoms with Gasteiger partial charge in [-0.05, 0) is 89.9 Å². The Morgan fingerprint density at radius 1 is 0.607 bits per heavy atom. The summed E-state index contributed by atoms with van der Waals surface area (Å²) in [5.74, 6) is -0.936. The van der Waals surface area contributed by atoms with Gasteiger partial charge in [-0.2, -0.15) is 0 Å². The van der Waals surface area contributed by atoms with Gasteiger partial charge in [0.25, 0.3) is 0 Å². The molecule has 0 aromatic carbocycles. The monoisotopic (exact) mass is 873 g/mol. The van der Waals surface area contributed by atoms with Crippen molar-refractivity contribution < 1.29 is 46.8 Å². The van der Waals surface area contributed by atoms with Crippen molar-refractivity contribution in [2.75, 3.05) is 47.5 Å². The van der Waals surface area contributed by atoms with Gasteiger partial charge in [-0.25, -0.2) is 4.57 Å². The molecule has 346 valence electrons. The Morgan fingerprint density at radius 2 is 1.11 bits per heavy atom. The molecule has 0 bridgehead atoms. The van der Waals surface area contributed by atoms with Crippen LogP contribution in [-0.4, -0.2) is 87.1 Å². The number of epoxide rings is 1. The molecule has 1 heterocycles. The highest BCUT2D eigenvalue weighted by molar-refractivity contribution is 7.47. The number of phosphoric ester groups is 1. The number of phosphoric acid groups is 1. The lowest BCUT2D eigenvalue weighted by molar-refractivity contribution is -0.870. The molecule has 0 aliphatic carbocycles. The molecule has 10 nitrogen and oxygen atoms in total. The highest BCUT2D eigenvalue weighted by atomic mass is 31.2. The number of unbranched alkanes of at least 4 members (excludes halogenated alkanes) is 7. The smallest absolute Gasteiger partial charge is 0.462 e. The highest BCUT2D eigenvalue weighted by Gasteiger charge is 2.36. The normalized spacial score (nSPS) is 17.7. The molecule has 0 aromatic rings. The third kappa shape index (κ3) is 38.3. The molecule has 4 atom stereocenters. The summed E-state index contributed by atoms with van der Waals surface area (Å²) in [6.45, 7) is 4.13. The molecule has 1 N–H and O–H groups in total. The lowest BCUT2D eigenvalue weighted by Crippen LogP contribution is -2.37. The lowest BCUT2D eigenvalue weighted by Gasteiger charge is -2.24. The molecule has 0 radical (unpaired) electrons. The molecule has 0 amide bonds. The Hall–Kier alpha value is -3.11. The Kier molecular flexibility index (Phi) is 34.3. The zero-order valence-corrected chi connectivity index (χ0v) is 39.4. The highest BCUT2D eigenvalue weighted by Crippen LogP contribution is 2.43. The molecular weight excluding hydrogens is 790 g/mol. The predicted octanol–water partition coefficient (Wildman–Crippen LogP) is 12.3. The van der Waals surface area contributed by atoms with E-state index in [-0.39, 0.29) is 26.1 Å². The van der Waals surface area contributed by atoms with E-state index < -0.39 is 32.5 Å². The molecule has 1 fully saturated rings. The van der Waals surface area contributed by atoms with Crippen LogP contribution in [0.25, 0.3) is 0 Å². The summed E-state index contributed by atoms with van der Waals surface area (Å²) < 4.78 is 39.9. The van der Waals surface area contributed by atoms with E-state index in [0.717, 1.165) is 77.0 Å². The van der Waals surface area contributed by atoms with Crippen molar-refractivity contribution in [3.05, 3.63) is 97.2 Å². The zero-order valence-electron chi connectivity index (χ0n) is 38.5. The molecule has 61 heavy (non-hydrogen) atoms. The number of esters is 2. The van der Waals surface area contributed by atoms with E-state index in [1.54, 1.807) is 0 Å². The number of nitrogens with zero attached hydrogens (tertiary/aromatic N) is 1. The number of likely N-dealkylation sites (N-methyl/N-ethyl adjacent to an activating group) is 1. The fourth-order valence-electron chi connectivity index (χ4n) is 5.79. The summed E-state index contributed by atoms with van der Waals surface area (Å²) in [4.78, 5) is 35.4. The Balaban J connectivity index is 2.34. The minimum Gasteiger partial charge on any atom is -0.462 e. The summed E-state index contributed by atoms with van der Waals surface area (Å²) in [6.07, 6.45) is 52.2. The fraction of sp³-hybridized carbons (Fsp3) is 0.640. The van der Waals surface area contributed by atoms with Crippen LogP contribution in [0.5, 0.6) is 0 Å². The number of carbonyl (C=O) groups excluding carboxylic acids is 2. The van der Waals surface area contributed by atoms with Crippen molar-refractivity contribution in [3.63, 3.8) is 0 Å². The van der Waals surface area contributed by atoms with Crippen LogP contribution in [0.1, 0.15) is 142 Å². The summed E-state index contributed by atoms with van der Waals surface area (Å²) in [5, 5.41) is 0. The molecule has 0 spiro atoms. The van der Waals surface area contributed by atoms with Crippen molar-refractivity contribution in [2.45, 2.75) is 161 Å². The Bertz CT molecular complexity index is 1420. The SMILES string of the molecule is CC/C=C\CC1OC1C/C=C\C/C=C\C/C=C\C/C=C\CCC(=O)OC[C@H](COP(=O)(O)OCC[N+](C)(C)C)OC(=O)CCCCCC/C=C\C/C=C\C/C=C\CCCCC. The summed E-state index contributed by atoms with van der Waals surface area (Å²) >= 11 is 0. The Morgan fingerprint density at radius 3 is 1.67 bits per heavy atom. The number of ether oxygens (including phenoxy) is 3. The average molecular weight is 873 g/mol. The summed E-state index contributed by atoms with van der Waals surface area (Å²) in [5.41, 5.74) is 0. The van der Waals surface area contributed by atoms with Gasteiger partial charge < -0.3 is 23.6 Å². The number of rotatable bonds is 39. The van der Waals surface area contributed by atoms with Crippen molar-refractivity contribution in [1.82, 2.24) is 0 Å². The molecule has 1 aliphatic heterocycles. The second kappa shape index (κ2) is 37.4. The van der Waals surface area contributed by atoms with Crippen molar-refractivity contribution >= 4 is 19.8 Å². The molecule has 3 unspecified atom stereocenters. The summed E-state index contributed by atoms with van der Waals surface area (Å²) in [7, 11) is 1.40. The fourth-order valence-corrected chi connectivity index (χ4v) is 6.53. The third-order valence-electron chi connectivity index (χ3n) is 9.51. The van der Waals surface area contributed by atoms with Gasteiger partial charge in [0.15, 0.2) is 6.10 Å². The van der Waals surface area contributed by atoms with E-state index in [9.17, 15) is 19.0 Å². The lowest BCUT2D eigenvalue weighted by atomic mass is 10.1. The third-order valence-corrected chi connectivity index (χ3v) is 10.5. The number of quaternary nitrogens is 1. The number of carbonyl (C=O) groups is 2. The van der Waals surface area contributed by atoms with E-state index in [1.165, 1.54) is 25.7 Å². The minimum atomic E-state index is -4.41. The van der Waals surface area contributed by atoms with Crippen LogP contribution in [0.15, 0.2) is 97.2 Å². The second-order valence-corrected chi connectivity index (χ2v) is 17.9. The van der Waals surface area contributed by atoms with Crippen LogP contribution in [0.4, 0.5) is 0 Å². The predicted molar refractivity (Wildman–Crippen MR) is 251 cm³/mol. The van der Waals surface area contributed by atoms with Gasteiger partial charge in [-0.1, -0.05) is 137 Å². The number of hydrogen-bond acceptors (Lipinski definition) is 8. The van der Waals surface area contributed by atoms with E-state index in [0.29, 0.717) is 36.1 Å². The van der Waals surface area contributed by atoms with Crippen LogP contribution in [0, 0.1) is 0 Å². The van der Waals surface area contributed by atoms with Gasteiger partial charge in [-0.15, -0.1) is 0 Å². The topological polar surface area (TPSA) is 121 Å². The van der Waals surface area contributed by atoms with Crippen molar-refractivity contribution in [2.24, 2.45) is 0 Å². The molecule has 0 saturated carbocycles. The van der Waals surface area contributed by atoms with Gasteiger partial charge in [0.05, 0.1) is 40.0 Å². The second-order valence-electron chi connectivity index (χ2n) is 16.4. The van der Waals surface area contributed by atoms with Crippen molar-refractivity contribution in [3.8, 4) is 0 Å². The maximum Gasteiger partial charge on any atom is 0.472 e. The van der Waals surface area contributed by atoms with Gasteiger partial charge in [0, 0.05) is 12.8 Å². The molecule has 11 heteroatoms. The van der Waals surface area contributed by atoms with Gasteiger partial charge in [0.1, 0.15) is 19.8 Å². The Labute approximate surface area is 370 Å². The summed E-state index contributed by atoms with van der Waals surface area (Å²) in [6, 6.07) is 0. The molecule has 0 aromatic heterocycles. The van der Waals surface area contributed by atoms with E-state index in [2.05, 4.69) is 98.9 Å². The van der Waals surface area contributed by atoms with Crippen LogP contribution in [0.3, 0.4) is 0 Å². The van der Waals surface area contributed by atoms with Gasteiger partial charge in [-0.3, -0.25) is 18.6 Å². The molecular formula is C50H83NO9P+. The van der Waals surface area contributed by atoms with Crippen LogP contribution < -0.4 is 0 Å².